The second kappa shape index (κ2) is 54.8. The Hall–Kier alpha value is -1.59. The number of amides is 1. The molecule has 9 heteroatoms. The largest absolute Gasteiger partial charge is 0.394 e. The topological polar surface area (TPSA) is 149 Å². The van der Waals surface area contributed by atoms with E-state index in [9.17, 15) is 30.3 Å². The molecule has 1 fully saturated rings. The highest BCUT2D eigenvalue weighted by Crippen LogP contribution is 2.23. The van der Waals surface area contributed by atoms with Gasteiger partial charge in [-0.3, -0.25) is 4.79 Å². The van der Waals surface area contributed by atoms with Gasteiger partial charge in [0.15, 0.2) is 6.29 Å². The molecule has 0 aliphatic carbocycles. The Morgan fingerprint density at radius 1 is 0.446 bits per heavy atom. The minimum Gasteiger partial charge on any atom is -0.394 e. The van der Waals surface area contributed by atoms with Crippen LogP contribution in [0.4, 0.5) is 0 Å². The molecule has 9 nitrogen and oxygen atoms in total. The molecule has 74 heavy (non-hydrogen) atoms. The number of rotatable bonds is 56. The monoisotopic (exact) mass is 1050 g/mol. The van der Waals surface area contributed by atoms with Crippen molar-refractivity contribution in [3.05, 3.63) is 36.5 Å². The highest BCUT2D eigenvalue weighted by atomic mass is 16.7. The van der Waals surface area contributed by atoms with E-state index < -0.39 is 49.5 Å². The van der Waals surface area contributed by atoms with Gasteiger partial charge in [0.1, 0.15) is 24.4 Å². The van der Waals surface area contributed by atoms with Crippen LogP contribution >= 0.6 is 0 Å². The maximum atomic E-state index is 13.1. The molecule has 1 saturated heterocycles. The van der Waals surface area contributed by atoms with E-state index in [1.807, 2.05) is 6.08 Å². The van der Waals surface area contributed by atoms with Crippen LogP contribution in [0.15, 0.2) is 36.5 Å². The first-order valence-electron chi connectivity index (χ1n) is 32.2. The standard InChI is InChI=1S/C65H123NO8/c1-3-5-7-9-11-13-15-17-19-21-23-25-26-27-28-29-30-31-32-33-34-35-37-39-41-43-45-47-49-51-53-55-61(69)66-58(57-73-65-64(72)63(71)62(70)60(56-67)74-65)59(68)54-52-50-48-46-44-42-40-38-36-24-22-20-18-16-14-12-10-8-6-4-2/h27-28,44,46,52,54,58-60,62-65,67-68,70-72H,3-26,29-43,45,47-51,53,55-57H2,1-2H3,(H,66,69)/b28-27-,46-44+,54-52+. The Morgan fingerprint density at radius 2 is 0.770 bits per heavy atom. The second-order valence-electron chi connectivity index (χ2n) is 22.5. The summed E-state index contributed by atoms with van der Waals surface area (Å²) in [6.07, 6.45) is 65.2. The van der Waals surface area contributed by atoms with Crippen molar-refractivity contribution in [3.63, 3.8) is 0 Å². The quantitative estimate of drug-likeness (QED) is 0.0261. The summed E-state index contributed by atoms with van der Waals surface area (Å²) in [4.78, 5) is 13.1. The second-order valence-corrected chi connectivity index (χ2v) is 22.5. The van der Waals surface area contributed by atoms with Gasteiger partial charge in [0.25, 0.3) is 0 Å². The van der Waals surface area contributed by atoms with E-state index in [0.717, 1.165) is 38.5 Å². The number of carbonyl (C=O) groups excluding carboxylic acids is 1. The van der Waals surface area contributed by atoms with Gasteiger partial charge in [0, 0.05) is 6.42 Å². The van der Waals surface area contributed by atoms with Crippen molar-refractivity contribution >= 4 is 5.91 Å². The zero-order valence-electron chi connectivity index (χ0n) is 48.6. The van der Waals surface area contributed by atoms with Crippen LogP contribution in [0.2, 0.25) is 0 Å². The lowest BCUT2D eigenvalue weighted by Gasteiger charge is -2.40. The average molecular weight is 1050 g/mol. The van der Waals surface area contributed by atoms with Gasteiger partial charge in [-0.25, -0.2) is 0 Å². The molecule has 1 rings (SSSR count). The van der Waals surface area contributed by atoms with Crippen LogP contribution in [0.1, 0.15) is 316 Å². The molecule has 1 heterocycles. The number of aliphatic hydroxyl groups is 5. The molecule has 7 atom stereocenters. The molecule has 1 aliphatic heterocycles. The molecule has 7 unspecified atom stereocenters. The minimum atomic E-state index is -1.57. The highest BCUT2D eigenvalue weighted by Gasteiger charge is 2.44. The number of ether oxygens (including phenoxy) is 2. The van der Waals surface area contributed by atoms with Crippen LogP contribution < -0.4 is 5.32 Å². The lowest BCUT2D eigenvalue weighted by Crippen LogP contribution is -2.60. The highest BCUT2D eigenvalue weighted by molar-refractivity contribution is 5.76. The smallest absolute Gasteiger partial charge is 0.220 e. The number of hydrogen-bond donors (Lipinski definition) is 6. The molecular formula is C65H123NO8. The van der Waals surface area contributed by atoms with E-state index in [-0.39, 0.29) is 12.5 Å². The van der Waals surface area contributed by atoms with Crippen molar-refractivity contribution in [2.24, 2.45) is 0 Å². The lowest BCUT2D eigenvalue weighted by molar-refractivity contribution is -0.302. The fourth-order valence-electron chi connectivity index (χ4n) is 10.3. The van der Waals surface area contributed by atoms with Crippen LogP contribution in [-0.4, -0.2) is 87.5 Å². The zero-order valence-corrected chi connectivity index (χ0v) is 48.6. The third-order valence-corrected chi connectivity index (χ3v) is 15.4. The van der Waals surface area contributed by atoms with Gasteiger partial charge >= 0.3 is 0 Å². The summed E-state index contributed by atoms with van der Waals surface area (Å²) >= 11 is 0. The summed E-state index contributed by atoms with van der Waals surface area (Å²) in [5.41, 5.74) is 0. The Balaban J connectivity index is 2.16. The molecule has 6 N–H and O–H groups in total. The van der Waals surface area contributed by atoms with Gasteiger partial charge in [-0.05, 0) is 57.8 Å². The molecule has 0 aromatic heterocycles. The fraction of sp³-hybridized carbons (Fsp3) is 0.892. The molecule has 0 radical (unpaired) electrons. The number of carbonyl (C=O) groups is 1. The first-order valence-corrected chi connectivity index (χ1v) is 32.2. The van der Waals surface area contributed by atoms with Crippen LogP contribution in [0, 0.1) is 0 Å². The molecule has 0 aromatic rings. The molecule has 0 bridgehead atoms. The first-order chi connectivity index (χ1) is 36.3. The van der Waals surface area contributed by atoms with Crippen LogP contribution in [0.5, 0.6) is 0 Å². The maximum absolute atomic E-state index is 13.1. The Labute approximate surface area is 457 Å². The third-order valence-electron chi connectivity index (χ3n) is 15.4. The lowest BCUT2D eigenvalue weighted by atomic mass is 9.99. The molecule has 0 saturated carbocycles. The SMILES string of the molecule is CCCCCCCCCCCCCC/C=C\CCCCCCCCCCCCCCCCCC(=O)NC(COC1OC(CO)C(O)C(O)C1O)C(O)/C=C/CC/C=C/CCCCCCCCCCCCCCCC. The first kappa shape index (κ1) is 70.4. The number of aliphatic hydroxyl groups excluding tert-OH is 5. The van der Waals surface area contributed by atoms with Gasteiger partial charge in [-0.2, -0.15) is 0 Å². The minimum absolute atomic E-state index is 0.182. The van der Waals surface area contributed by atoms with Gasteiger partial charge in [-0.1, -0.05) is 288 Å². The summed E-state index contributed by atoms with van der Waals surface area (Å²) < 4.78 is 11.3. The predicted octanol–water partition coefficient (Wildman–Crippen LogP) is 16.7. The summed E-state index contributed by atoms with van der Waals surface area (Å²) in [6, 6.07) is -0.821. The van der Waals surface area contributed by atoms with E-state index in [1.165, 1.54) is 257 Å². The van der Waals surface area contributed by atoms with Crippen molar-refractivity contribution in [1.29, 1.82) is 0 Å². The zero-order chi connectivity index (χ0) is 53.6. The van der Waals surface area contributed by atoms with Crippen molar-refractivity contribution in [2.75, 3.05) is 13.2 Å². The van der Waals surface area contributed by atoms with Gasteiger partial charge < -0.3 is 40.3 Å². The van der Waals surface area contributed by atoms with E-state index in [0.29, 0.717) is 6.42 Å². The fourth-order valence-corrected chi connectivity index (χ4v) is 10.3. The van der Waals surface area contributed by atoms with E-state index in [1.54, 1.807) is 6.08 Å². The normalized spacial score (nSPS) is 19.1. The number of nitrogens with one attached hydrogen (secondary N) is 1. The molecule has 1 amide bonds. The maximum Gasteiger partial charge on any atom is 0.220 e. The van der Waals surface area contributed by atoms with Gasteiger partial charge in [-0.15, -0.1) is 0 Å². The molecule has 436 valence electrons. The molecular weight excluding hydrogens is 923 g/mol. The van der Waals surface area contributed by atoms with Crippen molar-refractivity contribution in [1.82, 2.24) is 5.32 Å². The summed E-state index contributed by atoms with van der Waals surface area (Å²) in [5.74, 6) is -0.182. The van der Waals surface area contributed by atoms with E-state index in [4.69, 9.17) is 9.47 Å². The third kappa shape index (κ3) is 43.4. The van der Waals surface area contributed by atoms with E-state index >= 15 is 0 Å². The van der Waals surface area contributed by atoms with Gasteiger partial charge in [0.2, 0.25) is 5.91 Å². The summed E-state index contributed by atoms with van der Waals surface area (Å²) in [5, 5.41) is 54.6. The van der Waals surface area contributed by atoms with Gasteiger partial charge in [0.05, 0.1) is 25.4 Å². The summed E-state index contributed by atoms with van der Waals surface area (Å²) in [7, 11) is 0. The molecule has 0 spiro atoms. The van der Waals surface area contributed by atoms with Crippen LogP contribution in [0.25, 0.3) is 0 Å². The Bertz CT molecular complexity index is 1260. The van der Waals surface area contributed by atoms with Crippen molar-refractivity contribution in [2.45, 2.75) is 358 Å². The summed E-state index contributed by atoms with van der Waals surface area (Å²) in [6.45, 7) is 3.80. The van der Waals surface area contributed by atoms with Crippen molar-refractivity contribution < 1.29 is 39.8 Å². The Morgan fingerprint density at radius 3 is 1.14 bits per heavy atom. The van der Waals surface area contributed by atoms with E-state index in [2.05, 4.69) is 43.5 Å². The molecule has 1 aliphatic rings. The van der Waals surface area contributed by atoms with Crippen LogP contribution in [0.3, 0.4) is 0 Å². The number of hydrogen-bond acceptors (Lipinski definition) is 8. The predicted molar refractivity (Wildman–Crippen MR) is 313 cm³/mol. The molecule has 0 aromatic carbocycles. The number of unbranched alkanes of at least 4 members (excludes halogenated alkanes) is 42. The van der Waals surface area contributed by atoms with Crippen LogP contribution in [-0.2, 0) is 14.3 Å². The number of allylic oxidation sites excluding steroid dienone is 5. The van der Waals surface area contributed by atoms with Crippen molar-refractivity contribution in [3.8, 4) is 0 Å². The average Bonchev–Trinajstić information content (AvgIpc) is 3.40. The Kier molecular flexibility index (Phi) is 52.1.